The topological polar surface area (TPSA) is 114 Å². The molecule has 1 amide bonds. The van der Waals surface area contributed by atoms with Gasteiger partial charge in [0.2, 0.25) is 5.91 Å². The number of carbonyl (C=O) groups excluding carboxylic acids is 1. The molecule has 1 atom stereocenters. The van der Waals surface area contributed by atoms with Gasteiger partial charge >= 0.3 is 0 Å². The number of nitrogens with zero attached hydrogens (tertiary/aromatic N) is 6. The lowest BCUT2D eigenvalue weighted by Gasteiger charge is -2.36. The molecule has 2 fully saturated rings. The third kappa shape index (κ3) is 5.44. The summed E-state index contributed by atoms with van der Waals surface area (Å²) in [4.78, 5) is 13.2. The van der Waals surface area contributed by atoms with E-state index in [1.165, 1.54) is 24.8 Å². The zero-order valence-electron chi connectivity index (χ0n) is 21.2. The van der Waals surface area contributed by atoms with E-state index >= 15 is 0 Å². The Morgan fingerprint density at radius 2 is 1.97 bits per heavy atom. The molecule has 0 spiro atoms. The largest absolute Gasteiger partial charge is 0.326 e. The van der Waals surface area contributed by atoms with Crippen molar-refractivity contribution in [2.24, 2.45) is 11.8 Å². The van der Waals surface area contributed by atoms with Gasteiger partial charge in [0.15, 0.2) is 5.82 Å². The lowest BCUT2D eigenvalue weighted by atomic mass is 9.71. The van der Waals surface area contributed by atoms with Gasteiger partial charge in [0.25, 0.3) is 0 Å². The summed E-state index contributed by atoms with van der Waals surface area (Å²) in [5.74, 6) is 4.34. The summed E-state index contributed by atoms with van der Waals surface area (Å²) in [6.45, 7) is 8.66. The summed E-state index contributed by atoms with van der Waals surface area (Å²) >= 11 is 0. The van der Waals surface area contributed by atoms with E-state index in [0.717, 1.165) is 47.6 Å². The van der Waals surface area contributed by atoms with E-state index in [4.69, 9.17) is 5.10 Å². The zero-order valence-corrected chi connectivity index (χ0v) is 21.2. The van der Waals surface area contributed by atoms with Crippen LogP contribution in [-0.4, -0.2) is 41.3 Å². The van der Waals surface area contributed by atoms with Gasteiger partial charge in [-0.05, 0) is 69.4 Å². The summed E-state index contributed by atoms with van der Waals surface area (Å²) in [6.07, 6.45) is 6.71. The molecule has 2 aliphatic rings. The van der Waals surface area contributed by atoms with Gasteiger partial charge in [0.1, 0.15) is 11.6 Å². The highest BCUT2D eigenvalue weighted by Crippen LogP contribution is 2.48. The minimum atomic E-state index is -0.174. The number of aryl methyl sites for hydroxylation is 2. The quantitative estimate of drug-likeness (QED) is 0.441. The lowest BCUT2D eigenvalue weighted by molar-refractivity contribution is -0.116. The SMILES string of the molecule is Cc1ccc(NC(=O)CC(Cc2nn[nH]n2)c2nnc(C3CC(CC(C)C)C3)n2C2CC2)c(C)c1. The van der Waals surface area contributed by atoms with Crippen molar-refractivity contribution >= 4 is 11.6 Å². The predicted octanol–water partition coefficient (Wildman–Crippen LogP) is 4.64. The molecule has 5 rings (SSSR count). The average Bonchev–Trinajstić information content (AvgIpc) is 3.30. The van der Waals surface area contributed by atoms with Crippen molar-refractivity contribution in [1.82, 2.24) is 35.4 Å². The van der Waals surface area contributed by atoms with Crippen LogP contribution in [0.5, 0.6) is 0 Å². The van der Waals surface area contributed by atoms with E-state index in [2.05, 4.69) is 62.4 Å². The van der Waals surface area contributed by atoms with E-state index < -0.39 is 0 Å². The van der Waals surface area contributed by atoms with Crippen molar-refractivity contribution < 1.29 is 4.79 Å². The lowest BCUT2D eigenvalue weighted by Crippen LogP contribution is -2.27. The predicted molar refractivity (Wildman–Crippen MR) is 133 cm³/mol. The molecule has 9 nitrogen and oxygen atoms in total. The van der Waals surface area contributed by atoms with Gasteiger partial charge in [-0.3, -0.25) is 4.79 Å². The first kappa shape index (κ1) is 23.6. The summed E-state index contributed by atoms with van der Waals surface area (Å²) in [7, 11) is 0. The highest BCUT2D eigenvalue weighted by atomic mass is 16.1. The zero-order chi connectivity index (χ0) is 24.5. The second-order valence-corrected chi connectivity index (χ2v) is 11.0. The van der Waals surface area contributed by atoms with Gasteiger partial charge in [0.05, 0.1) is 0 Å². The molecule has 1 unspecified atom stereocenters. The van der Waals surface area contributed by atoms with Crippen molar-refractivity contribution in [3.8, 4) is 0 Å². The number of nitrogens with one attached hydrogen (secondary N) is 2. The molecule has 2 saturated carbocycles. The minimum Gasteiger partial charge on any atom is -0.326 e. The number of benzene rings is 1. The van der Waals surface area contributed by atoms with Crippen LogP contribution in [0.2, 0.25) is 0 Å². The molecule has 2 heterocycles. The van der Waals surface area contributed by atoms with Gasteiger partial charge in [-0.1, -0.05) is 36.8 Å². The second-order valence-electron chi connectivity index (χ2n) is 11.0. The van der Waals surface area contributed by atoms with E-state index in [0.29, 0.717) is 24.2 Å². The monoisotopic (exact) mass is 476 g/mol. The summed E-state index contributed by atoms with van der Waals surface area (Å²) in [6, 6.07) is 6.49. The Labute approximate surface area is 206 Å². The molecular weight excluding hydrogens is 440 g/mol. The van der Waals surface area contributed by atoms with Crippen LogP contribution in [0.15, 0.2) is 18.2 Å². The normalized spacial score (nSPS) is 20.6. The van der Waals surface area contributed by atoms with Crippen LogP contribution < -0.4 is 5.32 Å². The van der Waals surface area contributed by atoms with Gasteiger partial charge in [-0.25, -0.2) is 0 Å². The summed E-state index contributed by atoms with van der Waals surface area (Å²) < 4.78 is 2.35. The molecule has 186 valence electrons. The molecule has 9 heteroatoms. The fraction of sp³-hybridized carbons (Fsp3) is 0.615. The van der Waals surface area contributed by atoms with Crippen molar-refractivity contribution in [2.45, 2.75) is 90.5 Å². The highest BCUT2D eigenvalue weighted by Gasteiger charge is 2.39. The molecule has 1 aromatic carbocycles. The minimum absolute atomic E-state index is 0.0435. The number of hydrogen-bond donors (Lipinski definition) is 2. The maximum absolute atomic E-state index is 13.2. The number of aromatic nitrogens is 7. The molecule has 0 bridgehead atoms. The third-order valence-corrected chi connectivity index (χ3v) is 7.34. The molecule has 3 aromatic rings. The third-order valence-electron chi connectivity index (χ3n) is 7.34. The van der Waals surface area contributed by atoms with Crippen LogP contribution in [0.3, 0.4) is 0 Å². The first-order valence-electron chi connectivity index (χ1n) is 12.9. The van der Waals surface area contributed by atoms with Crippen LogP contribution in [-0.2, 0) is 11.2 Å². The maximum Gasteiger partial charge on any atom is 0.225 e. The molecular formula is C26H36N8O. The summed E-state index contributed by atoms with van der Waals surface area (Å²) in [5, 5.41) is 27.0. The molecule has 0 radical (unpaired) electrons. The first-order valence-corrected chi connectivity index (χ1v) is 12.9. The Balaban J connectivity index is 1.37. The second kappa shape index (κ2) is 9.87. The Kier molecular flexibility index (Phi) is 6.67. The fourth-order valence-electron chi connectivity index (χ4n) is 5.51. The molecule has 2 N–H and O–H groups in total. The number of amides is 1. The Hall–Kier alpha value is -3.10. The van der Waals surface area contributed by atoms with Gasteiger partial charge in [0, 0.05) is 36.4 Å². The van der Waals surface area contributed by atoms with Gasteiger partial charge < -0.3 is 9.88 Å². The van der Waals surface area contributed by atoms with Crippen LogP contribution in [0.25, 0.3) is 0 Å². The Morgan fingerprint density at radius 1 is 1.17 bits per heavy atom. The van der Waals surface area contributed by atoms with Crippen LogP contribution in [0.1, 0.15) is 98.9 Å². The number of tetrazole rings is 1. The molecule has 0 saturated heterocycles. The van der Waals surface area contributed by atoms with Crippen molar-refractivity contribution in [2.75, 3.05) is 5.32 Å². The number of carbonyl (C=O) groups is 1. The number of hydrogen-bond acceptors (Lipinski definition) is 6. The van der Waals surface area contributed by atoms with Crippen LogP contribution in [0.4, 0.5) is 5.69 Å². The standard InChI is InChI=1S/C26H36N8O/c1-15(2)9-18-11-19(12-18)25-30-31-26(34(25)21-6-7-21)20(13-23-28-32-33-29-23)14-24(35)27-22-8-5-16(3)10-17(22)4/h5,8,10,15,18-21H,6-7,9,11-14H2,1-4H3,(H,27,35)(H,28,29,32,33). The van der Waals surface area contributed by atoms with Gasteiger partial charge in [-0.2, -0.15) is 5.21 Å². The Bertz CT molecular complexity index is 1160. The van der Waals surface area contributed by atoms with E-state index in [9.17, 15) is 4.79 Å². The summed E-state index contributed by atoms with van der Waals surface area (Å²) in [5.41, 5.74) is 3.07. The average molecular weight is 477 g/mol. The maximum atomic E-state index is 13.2. The highest BCUT2D eigenvalue weighted by molar-refractivity contribution is 5.92. The van der Waals surface area contributed by atoms with Crippen LogP contribution in [0, 0.1) is 25.7 Å². The van der Waals surface area contributed by atoms with Crippen molar-refractivity contribution in [3.63, 3.8) is 0 Å². The first-order chi connectivity index (χ1) is 16.9. The van der Waals surface area contributed by atoms with Crippen molar-refractivity contribution in [1.29, 1.82) is 0 Å². The molecule has 2 aliphatic carbocycles. The fourth-order valence-corrected chi connectivity index (χ4v) is 5.51. The van der Waals surface area contributed by atoms with Crippen molar-refractivity contribution in [3.05, 3.63) is 46.8 Å². The Morgan fingerprint density at radius 3 is 2.63 bits per heavy atom. The number of H-pyrrole nitrogens is 1. The van der Waals surface area contributed by atoms with E-state index in [1.54, 1.807) is 0 Å². The molecule has 2 aromatic heterocycles. The number of rotatable bonds is 10. The van der Waals surface area contributed by atoms with Crippen LogP contribution >= 0.6 is 0 Å². The number of aromatic amines is 1. The number of anilines is 1. The molecule has 35 heavy (non-hydrogen) atoms. The van der Waals surface area contributed by atoms with Gasteiger partial charge in [-0.15, -0.1) is 20.4 Å². The van der Waals surface area contributed by atoms with E-state index in [1.807, 2.05) is 19.1 Å². The van der Waals surface area contributed by atoms with E-state index in [-0.39, 0.29) is 18.2 Å². The smallest absolute Gasteiger partial charge is 0.225 e. The molecule has 0 aliphatic heterocycles.